The first-order chi connectivity index (χ1) is 13.1. The highest BCUT2D eigenvalue weighted by Crippen LogP contribution is 2.30. The van der Waals surface area contributed by atoms with Crippen LogP contribution in [0.1, 0.15) is 35.0 Å². The Bertz CT molecular complexity index is 905. The first kappa shape index (κ1) is 19.0. The zero-order valence-electron chi connectivity index (χ0n) is 15.3. The molecule has 2 aromatic carbocycles. The number of halogens is 1. The number of anilines is 1. The van der Waals surface area contributed by atoms with Crippen molar-refractivity contribution in [3.8, 4) is 17.0 Å². The fourth-order valence-electron chi connectivity index (χ4n) is 2.53. The Labute approximate surface area is 162 Å². The Balaban J connectivity index is 1.67. The number of amides is 1. The normalized spacial score (nSPS) is 10.6. The Morgan fingerprint density at radius 2 is 1.85 bits per heavy atom. The number of aryl methyl sites for hydroxylation is 1. The lowest BCUT2D eigenvalue weighted by molar-refractivity contribution is 0.102. The van der Waals surface area contributed by atoms with E-state index in [1.165, 1.54) is 23.5 Å². The van der Waals surface area contributed by atoms with Gasteiger partial charge in [-0.3, -0.25) is 10.1 Å². The van der Waals surface area contributed by atoms with Gasteiger partial charge >= 0.3 is 0 Å². The van der Waals surface area contributed by atoms with E-state index in [0.717, 1.165) is 34.7 Å². The standard InChI is InChI=1S/C21H21FN2O2S/c1-3-4-13-26-18-11-7-16(8-12-18)20(25)24-21-23-19(14(2)27-21)15-5-9-17(22)10-6-15/h5-12H,3-4,13H2,1-2H3,(H,23,24,25). The highest BCUT2D eigenvalue weighted by atomic mass is 32.1. The number of ether oxygens (including phenoxy) is 1. The quantitative estimate of drug-likeness (QED) is 0.533. The van der Waals surface area contributed by atoms with Gasteiger partial charge in [-0.05, 0) is 61.9 Å². The van der Waals surface area contributed by atoms with E-state index in [1.54, 1.807) is 36.4 Å². The van der Waals surface area contributed by atoms with Crippen molar-refractivity contribution in [2.24, 2.45) is 0 Å². The molecule has 0 unspecified atom stereocenters. The molecule has 0 radical (unpaired) electrons. The van der Waals surface area contributed by atoms with Crippen molar-refractivity contribution in [3.63, 3.8) is 0 Å². The predicted octanol–water partition coefficient (Wildman–Crippen LogP) is 5.69. The highest BCUT2D eigenvalue weighted by Gasteiger charge is 2.13. The summed E-state index contributed by atoms with van der Waals surface area (Å²) in [5.74, 6) is 0.237. The van der Waals surface area contributed by atoms with E-state index in [4.69, 9.17) is 4.74 Å². The molecule has 0 aliphatic heterocycles. The number of aromatic nitrogens is 1. The average molecular weight is 384 g/mol. The summed E-state index contributed by atoms with van der Waals surface area (Å²) in [7, 11) is 0. The van der Waals surface area contributed by atoms with Crippen LogP contribution in [-0.4, -0.2) is 17.5 Å². The van der Waals surface area contributed by atoms with Crippen LogP contribution < -0.4 is 10.1 Å². The Kier molecular flexibility index (Phi) is 6.19. The number of nitrogens with zero attached hydrogens (tertiary/aromatic N) is 1. The molecule has 0 aliphatic rings. The number of carbonyl (C=O) groups excluding carboxylic acids is 1. The molecule has 0 atom stereocenters. The Hall–Kier alpha value is -2.73. The fraction of sp³-hybridized carbons (Fsp3) is 0.238. The van der Waals surface area contributed by atoms with E-state index >= 15 is 0 Å². The summed E-state index contributed by atoms with van der Waals surface area (Å²) in [6, 6.07) is 13.2. The lowest BCUT2D eigenvalue weighted by Crippen LogP contribution is -2.11. The summed E-state index contributed by atoms with van der Waals surface area (Å²) in [6.45, 7) is 4.71. The van der Waals surface area contributed by atoms with Crippen LogP contribution in [0.15, 0.2) is 48.5 Å². The zero-order chi connectivity index (χ0) is 19.2. The van der Waals surface area contributed by atoms with Crippen molar-refractivity contribution in [2.45, 2.75) is 26.7 Å². The molecule has 1 N–H and O–H groups in total. The smallest absolute Gasteiger partial charge is 0.257 e. The summed E-state index contributed by atoms with van der Waals surface area (Å²) in [5, 5.41) is 3.34. The lowest BCUT2D eigenvalue weighted by atomic mass is 10.1. The molecule has 0 fully saturated rings. The van der Waals surface area contributed by atoms with E-state index in [9.17, 15) is 9.18 Å². The van der Waals surface area contributed by atoms with Gasteiger partial charge in [-0.1, -0.05) is 13.3 Å². The monoisotopic (exact) mass is 384 g/mol. The molecule has 0 aliphatic carbocycles. The van der Waals surface area contributed by atoms with Gasteiger partial charge in [0.2, 0.25) is 0 Å². The maximum Gasteiger partial charge on any atom is 0.257 e. The van der Waals surface area contributed by atoms with Crippen molar-refractivity contribution >= 4 is 22.4 Å². The first-order valence-corrected chi connectivity index (χ1v) is 9.66. The third-order valence-corrected chi connectivity index (χ3v) is 4.90. The number of benzene rings is 2. The summed E-state index contributed by atoms with van der Waals surface area (Å²) < 4.78 is 18.7. The van der Waals surface area contributed by atoms with Gasteiger partial charge < -0.3 is 4.74 Å². The molecule has 3 aromatic rings. The van der Waals surface area contributed by atoms with Crippen LogP contribution in [0.25, 0.3) is 11.3 Å². The van der Waals surface area contributed by atoms with E-state index in [0.29, 0.717) is 17.3 Å². The van der Waals surface area contributed by atoms with E-state index < -0.39 is 0 Å². The second-order valence-electron chi connectivity index (χ2n) is 6.11. The Morgan fingerprint density at radius 3 is 2.52 bits per heavy atom. The molecule has 0 saturated heterocycles. The number of unbranched alkanes of at least 4 members (excludes halogenated alkanes) is 1. The molecule has 140 valence electrons. The molecular formula is C21H21FN2O2S. The molecule has 1 heterocycles. The topological polar surface area (TPSA) is 51.2 Å². The van der Waals surface area contributed by atoms with Gasteiger partial charge in [0.05, 0.1) is 12.3 Å². The summed E-state index contributed by atoms with van der Waals surface area (Å²) in [6.07, 6.45) is 2.08. The van der Waals surface area contributed by atoms with Crippen LogP contribution in [0, 0.1) is 12.7 Å². The van der Waals surface area contributed by atoms with Crippen molar-refractivity contribution in [2.75, 3.05) is 11.9 Å². The largest absolute Gasteiger partial charge is 0.494 e. The second-order valence-corrected chi connectivity index (χ2v) is 7.31. The molecule has 0 spiro atoms. The SMILES string of the molecule is CCCCOc1ccc(C(=O)Nc2nc(-c3ccc(F)cc3)c(C)s2)cc1. The molecule has 4 nitrogen and oxygen atoms in total. The van der Waals surface area contributed by atoms with Crippen molar-refractivity contribution in [1.29, 1.82) is 0 Å². The number of thiazole rings is 1. The minimum Gasteiger partial charge on any atom is -0.494 e. The fourth-order valence-corrected chi connectivity index (χ4v) is 3.36. The molecular weight excluding hydrogens is 363 g/mol. The van der Waals surface area contributed by atoms with Crippen molar-refractivity contribution < 1.29 is 13.9 Å². The summed E-state index contributed by atoms with van der Waals surface area (Å²) >= 11 is 1.39. The number of nitrogens with one attached hydrogen (secondary N) is 1. The molecule has 1 amide bonds. The maximum atomic E-state index is 13.1. The van der Waals surface area contributed by atoms with Crippen LogP contribution in [0.2, 0.25) is 0 Å². The van der Waals surface area contributed by atoms with Crippen LogP contribution in [0.4, 0.5) is 9.52 Å². The molecule has 0 bridgehead atoms. The minimum atomic E-state index is -0.290. The van der Waals surface area contributed by atoms with Gasteiger partial charge in [0, 0.05) is 16.0 Å². The second kappa shape index (κ2) is 8.77. The van der Waals surface area contributed by atoms with Gasteiger partial charge in [0.15, 0.2) is 5.13 Å². The number of carbonyl (C=O) groups is 1. The highest BCUT2D eigenvalue weighted by molar-refractivity contribution is 7.16. The molecule has 0 saturated carbocycles. The van der Waals surface area contributed by atoms with Gasteiger partial charge in [0.25, 0.3) is 5.91 Å². The van der Waals surface area contributed by atoms with Crippen LogP contribution in [0.3, 0.4) is 0 Å². The Morgan fingerprint density at radius 1 is 1.15 bits per heavy atom. The molecule has 3 rings (SSSR count). The molecule has 6 heteroatoms. The molecule has 1 aromatic heterocycles. The third-order valence-electron chi connectivity index (χ3n) is 4.02. The maximum absolute atomic E-state index is 13.1. The van der Waals surface area contributed by atoms with Crippen molar-refractivity contribution in [3.05, 3.63) is 64.8 Å². The first-order valence-electron chi connectivity index (χ1n) is 8.84. The van der Waals surface area contributed by atoms with Crippen LogP contribution in [0.5, 0.6) is 5.75 Å². The van der Waals surface area contributed by atoms with Gasteiger partial charge in [-0.2, -0.15) is 0 Å². The van der Waals surface area contributed by atoms with Crippen molar-refractivity contribution in [1.82, 2.24) is 4.98 Å². The third kappa shape index (κ3) is 4.92. The van der Waals surface area contributed by atoms with Crippen LogP contribution >= 0.6 is 11.3 Å². The van der Waals surface area contributed by atoms with Gasteiger partial charge in [0.1, 0.15) is 11.6 Å². The average Bonchev–Trinajstić information content (AvgIpc) is 3.03. The van der Waals surface area contributed by atoms with Crippen LogP contribution in [-0.2, 0) is 0 Å². The number of rotatable bonds is 7. The van der Waals surface area contributed by atoms with E-state index in [2.05, 4.69) is 17.2 Å². The minimum absolute atomic E-state index is 0.227. The lowest BCUT2D eigenvalue weighted by Gasteiger charge is -2.06. The molecule has 27 heavy (non-hydrogen) atoms. The van der Waals surface area contributed by atoms with Gasteiger partial charge in [-0.15, -0.1) is 11.3 Å². The predicted molar refractivity (Wildman–Crippen MR) is 107 cm³/mol. The summed E-state index contributed by atoms with van der Waals surface area (Å²) in [4.78, 5) is 17.9. The van der Waals surface area contributed by atoms with E-state index in [-0.39, 0.29) is 11.7 Å². The van der Waals surface area contributed by atoms with Gasteiger partial charge in [-0.25, -0.2) is 9.37 Å². The summed E-state index contributed by atoms with van der Waals surface area (Å²) in [5.41, 5.74) is 2.10. The zero-order valence-corrected chi connectivity index (χ0v) is 16.1. The number of hydrogen-bond acceptors (Lipinski definition) is 4. The van der Waals surface area contributed by atoms with E-state index in [1.807, 2.05) is 6.92 Å². The number of hydrogen-bond donors (Lipinski definition) is 1.